The molecule has 0 radical (unpaired) electrons. The second kappa shape index (κ2) is 10.8. The lowest BCUT2D eigenvalue weighted by Crippen LogP contribution is -2.30. The zero-order valence-corrected chi connectivity index (χ0v) is 20.8. The lowest BCUT2D eigenvalue weighted by Gasteiger charge is -2.23. The number of fused-ring (bicyclic) bond motifs is 1. The van der Waals surface area contributed by atoms with Crippen molar-refractivity contribution >= 4 is 29.5 Å². The fourth-order valence-corrected chi connectivity index (χ4v) is 4.61. The Balaban J connectivity index is 0.00000304. The van der Waals surface area contributed by atoms with Crippen molar-refractivity contribution in [3.8, 4) is 23.1 Å². The number of ether oxygens (including phenoxy) is 1. The summed E-state index contributed by atoms with van der Waals surface area (Å²) in [6.07, 6.45) is 4.91. The van der Waals surface area contributed by atoms with Gasteiger partial charge in [0.05, 0.1) is 34.8 Å². The molecule has 13 heteroatoms. The van der Waals surface area contributed by atoms with Gasteiger partial charge in [-0.1, -0.05) is 16.8 Å². The van der Waals surface area contributed by atoms with Crippen LogP contribution in [-0.4, -0.2) is 54.4 Å². The maximum atomic E-state index is 13.3. The summed E-state index contributed by atoms with van der Waals surface area (Å²) in [6, 6.07) is 5.20. The van der Waals surface area contributed by atoms with Gasteiger partial charge >= 0.3 is 0 Å². The van der Waals surface area contributed by atoms with Gasteiger partial charge in [-0.15, -0.1) is 17.5 Å². The Morgan fingerprint density at radius 2 is 2.11 bits per heavy atom. The van der Waals surface area contributed by atoms with E-state index in [2.05, 4.69) is 31.8 Å². The second-order valence-corrected chi connectivity index (χ2v) is 8.76. The molecule has 1 aliphatic heterocycles. The smallest absolute Gasteiger partial charge is 0.147 e. The molecule has 0 saturated carbocycles. The van der Waals surface area contributed by atoms with Gasteiger partial charge in [0.2, 0.25) is 0 Å². The van der Waals surface area contributed by atoms with Gasteiger partial charge in [0.1, 0.15) is 47.1 Å². The highest BCUT2D eigenvalue weighted by molar-refractivity contribution is 6.31. The first-order chi connectivity index (χ1) is 17.0. The van der Waals surface area contributed by atoms with E-state index >= 15 is 0 Å². The molecule has 36 heavy (non-hydrogen) atoms. The molecular formula is C23H23Cl2FN8O2. The van der Waals surface area contributed by atoms with Gasteiger partial charge in [-0.2, -0.15) is 10.4 Å². The Morgan fingerprint density at radius 3 is 2.83 bits per heavy atom. The van der Waals surface area contributed by atoms with Crippen LogP contribution < -0.4 is 10.1 Å². The third-order valence-electron chi connectivity index (χ3n) is 6.10. The summed E-state index contributed by atoms with van der Waals surface area (Å²) in [5.41, 5.74) is 3.14. The third kappa shape index (κ3) is 4.85. The molecule has 4 aromatic rings. The van der Waals surface area contributed by atoms with Crippen molar-refractivity contribution in [3.63, 3.8) is 0 Å². The maximum absolute atomic E-state index is 13.3. The van der Waals surface area contributed by atoms with E-state index in [9.17, 15) is 14.8 Å². The van der Waals surface area contributed by atoms with E-state index in [0.717, 1.165) is 43.9 Å². The Kier molecular flexibility index (Phi) is 7.70. The number of hydrogen-bond donors (Lipinski definition) is 2. The van der Waals surface area contributed by atoms with Crippen molar-refractivity contribution in [1.29, 1.82) is 5.26 Å². The number of nitrogens with one attached hydrogen (secondary N) is 1. The van der Waals surface area contributed by atoms with Gasteiger partial charge in [-0.05, 0) is 45.0 Å². The van der Waals surface area contributed by atoms with Gasteiger partial charge in [0.25, 0.3) is 0 Å². The molecule has 1 atom stereocenters. The number of piperidine rings is 1. The van der Waals surface area contributed by atoms with E-state index in [-0.39, 0.29) is 35.8 Å². The van der Waals surface area contributed by atoms with E-state index in [1.165, 1.54) is 6.20 Å². The molecule has 1 fully saturated rings. The first-order valence-electron chi connectivity index (χ1n) is 11.1. The molecule has 1 saturated heterocycles. The Bertz CT molecular complexity index is 1430. The van der Waals surface area contributed by atoms with Crippen molar-refractivity contribution < 1.29 is 14.2 Å². The summed E-state index contributed by atoms with van der Waals surface area (Å²) in [4.78, 5) is 3.87. The highest BCUT2D eigenvalue weighted by atomic mass is 35.5. The standard InChI is InChI=1S/C23H22ClFN8O2.ClH/c1-13-21(30-31-33(13)17-2-4-27-5-3-17)14-6-20(23-15(8-26)9-29-32(23)11-14)35-12-19(34)22-18(24)7-16(25)10-28-22;/h6-7,9-11,17,19,27,34H,2-5,12H2,1H3;1H. The van der Waals surface area contributed by atoms with E-state index < -0.39 is 11.9 Å². The number of nitrogens with zero attached hydrogens (tertiary/aromatic N) is 7. The first kappa shape index (κ1) is 25.8. The van der Waals surface area contributed by atoms with Crippen LogP contribution in [0.5, 0.6) is 5.75 Å². The maximum Gasteiger partial charge on any atom is 0.147 e. The second-order valence-electron chi connectivity index (χ2n) is 8.35. The van der Waals surface area contributed by atoms with Crippen LogP contribution in [0.15, 0.2) is 30.7 Å². The number of rotatable bonds is 6. The van der Waals surface area contributed by atoms with Crippen molar-refractivity contribution in [2.75, 3.05) is 19.7 Å². The van der Waals surface area contributed by atoms with Gasteiger partial charge in [-0.3, -0.25) is 4.98 Å². The van der Waals surface area contributed by atoms with Crippen LogP contribution >= 0.6 is 24.0 Å². The molecule has 4 aromatic heterocycles. The van der Waals surface area contributed by atoms with Crippen LogP contribution in [0, 0.1) is 24.1 Å². The van der Waals surface area contributed by atoms with E-state index in [1.807, 2.05) is 11.6 Å². The van der Waals surface area contributed by atoms with E-state index in [1.54, 1.807) is 16.8 Å². The summed E-state index contributed by atoms with van der Waals surface area (Å²) in [7, 11) is 0. The topological polar surface area (TPSA) is 126 Å². The molecule has 5 heterocycles. The van der Waals surface area contributed by atoms with Gasteiger partial charge < -0.3 is 15.2 Å². The highest BCUT2D eigenvalue weighted by Crippen LogP contribution is 2.33. The Hall–Kier alpha value is -3.30. The lowest BCUT2D eigenvalue weighted by molar-refractivity contribution is 0.105. The van der Waals surface area contributed by atoms with Crippen molar-refractivity contribution in [2.24, 2.45) is 0 Å². The number of hydrogen-bond acceptors (Lipinski definition) is 8. The fraction of sp³-hybridized carbons (Fsp3) is 0.348. The predicted molar refractivity (Wildman–Crippen MR) is 132 cm³/mol. The number of halogens is 3. The van der Waals surface area contributed by atoms with Crippen LogP contribution in [0.1, 0.15) is 41.9 Å². The van der Waals surface area contributed by atoms with Crippen LogP contribution in [-0.2, 0) is 0 Å². The molecule has 5 rings (SSSR count). The van der Waals surface area contributed by atoms with E-state index in [0.29, 0.717) is 28.1 Å². The predicted octanol–water partition coefficient (Wildman–Crippen LogP) is 3.42. The SMILES string of the molecule is Cc1c(-c2cc(OCC(O)c3ncc(F)cc3Cl)c3c(C#N)cnn3c2)nnn1C1CCNCC1.Cl. The quantitative estimate of drug-likeness (QED) is 0.386. The zero-order valence-electron chi connectivity index (χ0n) is 19.2. The molecule has 0 spiro atoms. The minimum Gasteiger partial charge on any atom is -0.488 e. The van der Waals surface area contributed by atoms with Crippen LogP contribution in [0.2, 0.25) is 5.02 Å². The van der Waals surface area contributed by atoms with Crippen molar-refractivity contribution in [3.05, 3.63) is 58.5 Å². The Labute approximate surface area is 217 Å². The molecule has 1 aliphatic rings. The summed E-state index contributed by atoms with van der Waals surface area (Å²) in [5, 5.41) is 36.6. The number of nitriles is 1. The van der Waals surface area contributed by atoms with Crippen LogP contribution in [0.3, 0.4) is 0 Å². The number of pyridine rings is 2. The normalized spacial score (nSPS) is 14.9. The van der Waals surface area contributed by atoms with Crippen molar-refractivity contribution in [1.82, 2.24) is 34.9 Å². The largest absolute Gasteiger partial charge is 0.488 e. The van der Waals surface area contributed by atoms with E-state index in [4.69, 9.17) is 16.3 Å². The molecule has 2 N–H and O–H groups in total. The van der Waals surface area contributed by atoms with Gasteiger partial charge in [0.15, 0.2) is 0 Å². The molecule has 1 unspecified atom stereocenters. The average Bonchev–Trinajstić information content (AvgIpc) is 3.46. The van der Waals surface area contributed by atoms with Crippen LogP contribution in [0.4, 0.5) is 4.39 Å². The minimum absolute atomic E-state index is 0. The monoisotopic (exact) mass is 532 g/mol. The van der Waals surface area contributed by atoms with Gasteiger partial charge in [0, 0.05) is 11.8 Å². The summed E-state index contributed by atoms with van der Waals surface area (Å²) >= 11 is 6.02. The number of aromatic nitrogens is 6. The molecule has 0 aliphatic carbocycles. The molecule has 0 aromatic carbocycles. The van der Waals surface area contributed by atoms with Gasteiger partial charge in [-0.25, -0.2) is 13.6 Å². The average molecular weight is 533 g/mol. The first-order valence-corrected chi connectivity index (χ1v) is 11.5. The van der Waals surface area contributed by atoms with Crippen LogP contribution in [0.25, 0.3) is 16.8 Å². The van der Waals surface area contributed by atoms with Crippen molar-refractivity contribution in [2.45, 2.75) is 31.9 Å². The summed E-state index contributed by atoms with van der Waals surface area (Å²) < 4.78 is 22.8. The molecular weight excluding hydrogens is 510 g/mol. The highest BCUT2D eigenvalue weighted by Gasteiger charge is 2.23. The summed E-state index contributed by atoms with van der Waals surface area (Å²) in [6.45, 7) is 3.61. The Morgan fingerprint density at radius 1 is 1.33 bits per heavy atom. The molecule has 0 amide bonds. The zero-order chi connectivity index (χ0) is 24.5. The number of aliphatic hydroxyl groups is 1. The molecule has 188 valence electrons. The fourth-order valence-electron chi connectivity index (χ4n) is 4.33. The molecule has 0 bridgehead atoms. The minimum atomic E-state index is -1.22. The summed E-state index contributed by atoms with van der Waals surface area (Å²) in [5.74, 6) is -0.281. The molecule has 10 nitrogen and oxygen atoms in total. The third-order valence-corrected chi connectivity index (χ3v) is 6.40. The number of aliphatic hydroxyl groups excluding tert-OH is 1. The lowest BCUT2D eigenvalue weighted by atomic mass is 10.1.